The second kappa shape index (κ2) is 5.74. The van der Waals surface area contributed by atoms with Gasteiger partial charge in [-0.3, -0.25) is 4.79 Å². The van der Waals surface area contributed by atoms with Crippen molar-refractivity contribution in [1.82, 2.24) is 9.88 Å². The molecular formula is C17H23N3O2. The van der Waals surface area contributed by atoms with E-state index in [2.05, 4.69) is 11.1 Å². The Balaban J connectivity index is 1.88. The van der Waals surface area contributed by atoms with Gasteiger partial charge in [0.2, 0.25) is 0 Å². The van der Waals surface area contributed by atoms with Crippen LogP contribution in [-0.4, -0.2) is 46.6 Å². The molecule has 1 fully saturated rings. The number of aryl methyl sites for hydroxylation is 2. The summed E-state index contributed by atoms with van der Waals surface area (Å²) < 4.78 is 0. The normalized spacial score (nSPS) is 21.7. The van der Waals surface area contributed by atoms with Crippen molar-refractivity contribution in [2.75, 3.05) is 19.7 Å². The van der Waals surface area contributed by atoms with E-state index in [1.807, 2.05) is 26.0 Å². The molecule has 0 radical (unpaired) electrons. The van der Waals surface area contributed by atoms with Gasteiger partial charge in [-0.05, 0) is 43.9 Å². The minimum Gasteiger partial charge on any atom is -0.396 e. The van der Waals surface area contributed by atoms with Crippen molar-refractivity contribution in [1.29, 1.82) is 0 Å². The summed E-state index contributed by atoms with van der Waals surface area (Å²) in [5, 5.41) is 10.2. The largest absolute Gasteiger partial charge is 0.396 e. The third-order valence-corrected chi connectivity index (χ3v) is 4.71. The van der Waals surface area contributed by atoms with Gasteiger partial charge in [-0.1, -0.05) is 11.6 Å². The summed E-state index contributed by atoms with van der Waals surface area (Å²) in [6.07, 6.45) is 0.649. The fourth-order valence-electron chi connectivity index (χ4n) is 3.35. The number of benzene rings is 1. The van der Waals surface area contributed by atoms with Gasteiger partial charge < -0.3 is 20.7 Å². The number of carbonyl (C=O) groups excluding carboxylic acids is 1. The number of nitrogens with zero attached hydrogens (tertiary/aromatic N) is 1. The molecule has 22 heavy (non-hydrogen) atoms. The van der Waals surface area contributed by atoms with E-state index < -0.39 is 0 Å². The Morgan fingerprint density at radius 2 is 2.18 bits per heavy atom. The summed E-state index contributed by atoms with van der Waals surface area (Å²) in [5.74, 6) is 0.183. The topological polar surface area (TPSA) is 82.3 Å². The highest BCUT2D eigenvalue weighted by atomic mass is 16.3. The zero-order valence-electron chi connectivity index (χ0n) is 13.1. The van der Waals surface area contributed by atoms with Crippen LogP contribution in [-0.2, 0) is 0 Å². The highest BCUT2D eigenvalue weighted by Gasteiger charge is 2.34. The van der Waals surface area contributed by atoms with Gasteiger partial charge in [-0.25, -0.2) is 0 Å². The minimum atomic E-state index is -0.0528. The van der Waals surface area contributed by atoms with Crippen molar-refractivity contribution in [2.45, 2.75) is 26.3 Å². The Hall–Kier alpha value is -1.85. The number of hydrogen-bond acceptors (Lipinski definition) is 3. The van der Waals surface area contributed by atoms with Crippen LogP contribution in [0.2, 0.25) is 0 Å². The first-order valence-electron chi connectivity index (χ1n) is 7.76. The highest BCUT2D eigenvalue weighted by Crippen LogP contribution is 2.26. The van der Waals surface area contributed by atoms with Gasteiger partial charge in [0.25, 0.3) is 5.91 Å². The molecule has 0 unspecified atom stereocenters. The maximum Gasteiger partial charge on any atom is 0.270 e. The van der Waals surface area contributed by atoms with Crippen LogP contribution in [0.25, 0.3) is 10.9 Å². The van der Waals surface area contributed by atoms with Gasteiger partial charge in [0.05, 0.1) is 0 Å². The van der Waals surface area contributed by atoms with E-state index in [9.17, 15) is 4.79 Å². The van der Waals surface area contributed by atoms with Crippen LogP contribution in [0.5, 0.6) is 0 Å². The number of nitrogens with two attached hydrogens (primary N) is 1. The zero-order valence-corrected chi connectivity index (χ0v) is 13.1. The molecule has 0 aliphatic carbocycles. The lowest BCUT2D eigenvalue weighted by atomic mass is 10.0. The molecule has 1 aromatic carbocycles. The number of carbonyl (C=O) groups is 1. The van der Waals surface area contributed by atoms with Crippen molar-refractivity contribution in [3.05, 3.63) is 35.0 Å². The third-order valence-electron chi connectivity index (χ3n) is 4.71. The first-order valence-corrected chi connectivity index (χ1v) is 7.76. The van der Waals surface area contributed by atoms with E-state index >= 15 is 0 Å². The number of amides is 1. The van der Waals surface area contributed by atoms with E-state index in [0.29, 0.717) is 25.2 Å². The maximum absolute atomic E-state index is 12.8. The molecule has 3 rings (SSSR count). The van der Waals surface area contributed by atoms with Gasteiger partial charge in [0, 0.05) is 36.6 Å². The van der Waals surface area contributed by atoms with E-state index in [0.717, 1.165) is 16.5 Å². The highest BCUT2D eigenvalue weighted by molar-refractivity contribution is 6.01. The standard InChI is InChI=1S/C17H23N3O2/c1-10-3-4-15-13(7-10)11(2)16(19-15)17(22)20-8-12(5-6-21)14(18)9-20/h3-4,7,12,14,19,21H,5-6,8-9,18H2,1-2H3/t12-,14-/m1/s1. The molecule has 118 valence electrons. The fourth-order valence-corrected chi connectivity index (χ4v) is 3.35. The predicted molar refractivity (Wildman–Crippen MR) is 86.8 cm³/mol. The average molecular weight is 301 g/mol. The molecule has 0 bridgehead atoms. The van der Waals surface area contributed by atoms with Crippen LogP contribution in [0.1, 0.15) is 28.0 Å². The number of likely N-dealkylation sites (tertiary alicyclic amines) is 1. The molecule has 1 amide bonds. The molecule has 5 nitrogen and oxygen atoms in total. The number of rotatable bonds is 3. The van der Waals surface area contributed by atoms with Gasteiger partial charge in [-0.2, -0.15) is 0 Å². The third kappa shape index (κ3) is 2.51. The predicted octanol–water partition coefficient (Wildman–Crippen LogP) is 1.57. The zero-order chi connectivity index (χ0) is 15.9. The molecular weight excluding hydrogens is 278 g/mol. The Labute approximate surface area is 130 Å². The summed E-state index contributed by atoms with van der Waals surface area (Å²) in [4.78, 5) is 17.8. The van der Waals surface area contributed by atoms with Crippen LogP contribution < -0.4 is 5.73 Å². The summed E-state index contributed by atoms with van der Waals surface area (Å²) in [7, 11) is 0. The molecule has 4 N–H and O–H groups in total. The van der Waals surface area contributed by atoms with Crippen molar-refractivity contribution in [3.63, 3.8) is 0 Å². The Morgan fingerprint density at radius 1 is 1.41 bits per heavy atom. The van der Waals surface area contributed by atoms with Crippen LogP contribution in [0.4, 0.5) is 0 Å². The smallest absolute Gasteiger partial charge is 0.270 e. The molecule has 0 spiro atoms. The van der Waals surface area contributed by atoms with Crippen molar-refractivity contribution in [3.8, 4) is 0 Å². The van der Waals surface area contributed by atoms with Crippen molar-refractivity contribution < 1.29 is 9.90 Å². The van der Waals surface area contributed by atoms with Crippen LogP contribution in [0, 0.1) is 19.8 Å². The summed E-state index contributed by atoms with van der Waals surface area (Å²) in [6, 6.07) is 6.10. The monoisotopic (exact) mass is 301 g/mol. The number of nitrogens with one attached hydrogen (secondary N) is 1. The number of aliphatic hydroxyl groups excluding tert-OH is 1. The van der Waals surface area contributed by atoms with E-state index in [4.69, 9.17) is 10.8 Å². The summed E-state index contributed by atoms with van der Waals surface area (Å²) in [6.45, 7) is 5.32. The van der Waals surface area contributed by atoms with Crippen molar-refractivity contribution >= 4 is 16.8 Å². The fraction of sp³-hybridized carbons (Fsp3) is 0.471. The SMILES string of the molecule is Cc1ccc2[nH]c(C(=O)N3C[C@@H](CCO)[C@H](N)C3)c(C)c2c1. The Bertz CT molecular complexity index is 707. The van der Waals surface area contributed by atoms with E-state index in [1.54, 1.807) is 4.90 Å². The minimum absolute atomic E-state index is 0.00208. The summed E-state index contributed by atoms with van der Waals surface area (Å²) >= 11 is 0. The van der Waals surface area contributed by atoms with Crippen LogP contribution in [0.15, 0.2) is 18.2 Å². The first-order chi connectivity index (χ1) is 10.5. The second-order valence-electron chi connectivity index (χ2n) is 6.32. The first kappa shape index (κ1) is 15.1. The molecule has 1 saturated heterocycles. The van der Waals surface area contributed by atoms with Gasteiger partial charge >= 0.3 is 0 Å². The lowest BCUT2D eigenvalue weighted by molar-refractivity contribution is 0.0778. The Morgan fingerprint density at radius 3 is 2.91 bits per heavy atom. The van der Waals surface area contributed by atoms with Crippen LogP contribution >= 0.6 is 0 Å². The average Bonchev–Trinajstić information content (AvgIpc) is 3.01. The van der Waals surface area contributed by atoms with Crippen molar-refractivity contribution in [2.24, 2.45) is 11.7 Å². The number of aromatic nitrogens is 1. The molecule has 5 heteroatoms. The maximum atomic E-state index is 12.8. The van der Waals surface area contributed by atoms with E-state index in [1.165, 1.54) is 5.56 Å². The quantitative estimate of drug-likeness (QED) is 0.804. The molecule has 2 atom stereocenters. The number of fused-ring (bicyclic) bond motifs is 1. The molecule has 2 aromatic rings. The number of aliphatic hydroxyl groups is 1. The molecule has 1 aromatic heterocycles. The molecule has 1 aliphatic heterocycles. The molecule has 1 aliphatic rings. The van der Waals surface area contributed by atoms with Gasteiger partial charge in [-0.15, -0.1) is 0 Å². The van der Waals surface area contributed by atoms with Gasteiger partial charge in [0.1, 0.15) is 5.69 Å². The number of hydrogen-bond donors (Lipinski definition) is 3. The van der Waals surface area contributed by atoms with Gasteiger partial charge in [0.15, 0.2) is 0 Å². The summed E-state index contributed by atoms with van der Waals surface area (Å²) in [5.41, 5.74) is 9.90. The Kier molecular flexibility index (Phi) is 3.93. The number of H-pyrrole nitrogens is 1. The lowest BCUT2D eigenvalue weighted by Crippen LogP contribution is -2.32. The number of aromatic amines is 1. The molecule has 0 saturated carbocycles. The van der Waals surface area contributed by atoms with Crippen LogP contribution in [0.3, 0.4) is 0 Å². The second-order valence-corrected chi connectivity index (χ2v) is 6.32. The van der Waals surface area contributed by atoms with E-state index in [-0.39, 0.29) is 24.5 Å². The molecule has 2 heterocycles. The lowest BCUT2D eigenvalue weighted by Gasteiger charge is -2.15.